The Kier molecular flexibility index (Phi) is 6.09. The Labute approximate surface area is 169 Å². The van der Waals surface area contributed by atoms with Crippen molar-refractivity contribution in [3.63, 3.8) is 0 Å². The van der Waals surface area contributed by atoms with E-state index in [2.05, 4.69) is 46.7 Å². The second-order valence-electron chi connectivity index (χ2n) is 9.02. The minimum Gasteiger partial charge on any atom is -0.353 e. The monoisotopic (exact) mass is 387 g/mol. The van der Waals surface area contributed by atoms with E-state index in [4.69, 9.17) is 12.2 Å². The van der Waals surface area contributed by atoms with E-state index < -0.39 is 0 Å². The molecule has 4 nitrogen and oxygen atoms in total. The van der Waals surface area contributed by atoms with Crippen LogP contribution in [0.15, 0.2) is 24.3 Å². The largest absolute Gasteiger partial charge is 0.353 e. The highest BCUT2D eigenvalue weighted by Gasteiger charge is 2.40. The summed E-state index contributed by atoms with van der Waals surface area (Å²) in [5, 5.41) is 7.55. The van der Waals surface area contributed by atoms with E-state index in [1.165, 1.54) is 12.0 Å². The standard InChI is InChI=1S/C22H33N3OS/c1-5-15-9-11-16(12-10-15)24-21(27)25-18-7-6-8-19(25)14-17(13-18)23-20(26)22(2,3)4/h9-12,17-19H,5-8,13-14H2,1-4H3,(H,23,26)(H,24,27)/t17?,18-,19+. The SMILES string of the molecule is CCc1ccc(NC(=S)N2[C@@H]3CCC[C@H]2CC(NC(=O)C(C)(C)C)C3)cc1. The second kappa shape index (κ2) is 8.17. The Morgan fingerprint density at radius 1 is 1.15 bits per heavy atom. The Morgan fingerprint density at radius 2 is 1.74 bits per heavy atom. The predicted octanol–water partition coefficient (Wildman–Crippen LogP) is 4.49. The minimum atomic E-state index is -0.340. The lowest BCUT2D eigenvalue weighted by molar-refractivity contribution is -0.129. The van der Waals surface area contributed by atoms with Crippen molar-refractivity contribution >= 4 is 28.9 Å². The van der Waals surface area contributed by atoms with E-state index in [9.17, 15) is 4.79 Å². The molecule has 3 atom stereocenters. The Bertz CT molecular complexity index is 666. The van der Waals surface area contributed by atoms with Crippen LogP contribution < -0.4 is 10.6 Å². The number of carbonyl (C=O) groups is 1. The molecular formula is C22H33N3OS. The van der Waals surface area contributed by atoms with Gasteiger partial charge in [0.25, 0.3) is 0 Å². The van der Waals surface area contributed by atoms with Gasteiger partial charge in [0.15, 0.2) is 5.11 Å². The highest BCUT2D eigenvalue weighted by Crippen LogP contribution is 2.35. The normalized spacial score (nSPS) is 25.0. The lowest BCUT2D eigenvalue weighted by atomic mass is 9.81. The van der Waals surface area contributed by atoms with Crippen LogP contribution in [0.25, 0.3) is 0 Å². The molecule has 2 aliphatic heterocycles. The molecule has 1 aromatic rings. The van der Waals surface area contributed by atoms with Crippen LogP contribution in [-0.2, 0) is 11.2 Å². The fourth-order valence-corrected chi connectivity index (χ4v) is 4.66. The molecule has 2 saturated heterocycles. The number of hydrogen-bond donors (Lipinski definition) is 2. The molecule has 0 spiro atoms. The molecule has 1 unspecified atom stereocenters. The van der Waals surface area contributed by atoms with Crippen LogP contribution in [0.1, 0.15) is 65.4 Å². The topological polar surface area (TPSA) is 44.4 Å². The molecule has 0 aliphatic carbocycles. The lowest BCUT2D eigenvalue weighted by Gasteiger charge is -2.50. The molecule has 1 aromatic carbocycles. The van der Waals surface area contributed by atoms with E-state index >= 15 is 0 Å². The Hall–Kier alpha value is -1.62. The lowest BCUT2D eigenvalue weighted by Crippen LogP contribution is -2.60. The molecule has 2 aliphatic rings. The Morgan fingerprint density at radius 3 is 2.26 bits per heavy atom. The predicted molar refractivity (Wildman–Crippen MR) is 116 cm³/mol. The summed E-state index contributed by atoms with van der Waals surface area (Å²) in [6.45, 7) is 8.08. The number of anilines is 1. The van der Waals surface area contributed by atoms with E-state index in [1.54, 1.807) is 0 Å². The van der Waals surface area contributed by atoms with Crippen LogP contribution in [0.3, 0.4) is 0 Å². The van der Waals surface area contributed by atoms with Crippen molar-refractivity contribution in [2.75, 3.05) is 5.32 Å². The van der Waals surface area contributed by atoms with Gasteiger partial charge < -0.3 is 15.5 Å². The zero-order valence-electron chi connectivity index (χ0n) is 17.0. The quantitative estimate of drug-likeness (QED) is 0.750. The third-order valence-corrected chi connectivity index (χ3v) is 6.15. The first-order valence-electron chi connectivity index (χ1n) is 10.3. The summed E-state index contributed by atoms with van der Waals surface area (Å²) in [6, 6.07) is 9.61. The van der Waals surface area contributed by atoms with Gasteiger partial charge in [0.05, 0.1) is 0 Å². The maximum atomic E-state index is 12.4. The highest BCUT2D eigenvalue weighted by atomic mass is 32.1. The van der Waals surface area contributed by atoms with Gasteiger partial charge in [-0.2, -0.15) is 0 Å². The number of aryl methyl sites for hydroxylation is 1. The van der Waals surface area contributed by atoms with Crippen LogP contribution in [0.5, 0.6) is 0 Å². The van der Waals surface area contributed by atoms with Crippen LogP contribution in [0.4, 0.5) is 5.69 Å². The second-order valence-corrected chi connectivity index (χ2v) is 9.40. The molecule has 2 fully saturated rings. The molecule has 27 heavy (non-hydrogen) atoms. The molecule has 2 N–H and O–H groups in total. The van der Waals surface area contributed by atoms with Crippen molar-refractivity contribution in [3.05, 3.63) is 29.8 Å². The molecule has 1 amide bonds. The van der Waals surface area contributed by atoms with Crippen molar-refractivity contribution in [1.29, 1.82) is 0 Å². The third kappa shape index (κ3) is 4.81. The number of amides is 1. The molecule has 5 heteroatoms. The molecular weight excluding hydrogens is 354 g/mol. The van der Waals surface area contributed by atoms with Crippen LogP contribution in [-0.4, -0.2) is 34.0 Å². The molecule has 3 rings (SSSR count). The average molecular weight is 388 g/mol. The van der Waals surface area contributed by atoms with Crippen molar-refractivity contribution in [1.82, 2.24) is 10.2 Å². The summed E-state index contributed by atoms with van der Waals surface area (Å²) in [7, 11) is 0. The maximum Gasteiger partial charge on any atom is 0.225 e. The zero-order valence-corrected chi connectivity index (χ0v) is 17.9. The van der Waals surface area contributed by atoms with Crippen LogP contribution in [0, 0.1) is 5.41 Å². The number of hydrogen-bond acceptors (Lipinski definition) is 2. The number of nitrogens with one attached hydrogen (secondary N) is 2. The fraction of sp³-hybridized carbons (Fsp3) is 0.636. The number of piperidine rings is 2. The number of rotatable bonds is 3. The summed E-state index contributed by atoms with van der Waals surface area (Å²) in [5.74, 6) is 0.149. The van der Waals surface area contributed by atoms with Crippen LogP contribution in [0.2, 0.25) is 0 Å². The van der Waals surface area contributed by atoms with Gasteiger partial charge in [0, 0.05) is 29.2 Å². The van der Waals surface area contributed by atoms with Gasteiger partial charge >= 0.3 is 0 Å². The molecule has 148 valence electrons. The van der Waals surface area contributed by atoms with Gasteiger partial charge in [0.2, 0.25) is 5.91 Å². The molecule has 2 heterocycles. The average Bonchev–Trinajstić information content (AvgIpc) is 2.60. The summed E-state index contributed by atoms with van der Waals surface area (Å²) in [4.78, 5) is 14.8. The van der Waals surface area contributed by atoms with Gasteiger partial charge in [-0.1, -0.05) is 39.8 Å². The number of fused-ring (bicyclic) bond motifs is 2. The number of benzene rings is 1. The Balaban J connectivity index is 1.64. The highest BCUT2D eigenvalue weighted by molar-refractivity contribution is 7.80. The summed E-state index contributed by atoms with van der Waals surface area (Å²) in [5.41, 5.74) is 2.05. The number of carbonyl (C=O) groups excluding carboxylic acids is 1. The van der Waals surface area contributed by atoms with Crippen molar-refractivity contribution < 1.29 is 4.79 Å². The van der Waals surface area contributed by atoms with Gasteiger partial charge in [-0.05, 0) is 68.4 Å². The smallest absolute Gasteiger partial charge is 0.225 e. The third-order valence-electron chi connectivity index (χ3n) is 5.84. The van der Waals surface area contributed by atoms with E-state index in [-0.39, 0.29) is 17.4 Å². The molecule has 0 saturated carbocycles. The number of nitrogens with zero attached hydrogens (tertiary/aromatic N) is 1. The summed E-state index contributed by atoms with van der Waals surface area (Å²) < 4.78 is 0. The summed E-state index contributed by atoms with van der Waals surface area (Å²) >= 11 is 5.78. The van der Waals surface area contributed by atoms with Gasteiger partial charge in [-0.3, -0.25) is 4.79 Å². The maximum absolute atomic E-state index is 12.4. The number of thiocarbonyl (C=S) groups is 1. The van der Waals surface area contributed by atoms with Crippen molar-refractivity contribution in [3.8, 4) is 0 Å². The van der Waals surface area contributed by atoms with E-state index in [0.717, 1.165) is 42.9 Å². The first-order valence-corrected chi connectivity index (χ1v) is 10.7. The summed E-state index contributed by atoms with van der Waals surface area (Å²) in [6.07, 6.45) is 6.55. The minimum absolute atomic E-state index is 0.149. The van der Waals surface area contributed by atoms with Gasteiger partial charge in [0.1, 0.15) is 0 Å². The zero-order chi connectivity index (χ0) is 19.6. The van der Waals surface area contributed by atoms with Crippen molar-refractivity contribution in [2.24, 2.45) is 5.41 Å². The molecule has 0 aromatic heterocycles. The van der Waals surface area contributed by atoms with E-state index in [0.29, 0.717) is 12.1 Å². The van der Waals surface area contributed by atoms with Crippen molar-refractivity contribution in [2.45, 2.75) is 84.3 Å². The first kappa shape index (κ1) is 20.1. The molecule has 0 radical (unpaired) electrons. The van der Waals surface area contributed by atoms with Gasteiger partial charge in [-0.25, -0.2) is 0 Å². The fourth-order valence-electron chi connectivity index (χ4n) is 4.24. The van der Waals surface area contributed by atoms with Crippen LogP contribution >= 0.6 is 12.2 Å². The molecule has 2 bridgehead atoms. The first-order chi connectivity index (χ1) is 12.8. The van der Waals surface area contributed by atoms with Gasteiger partial charge in [-0.15, -0.1) is 0 Å². The van der Waals surface area contributed by atoms with E-state index in [1.807, 2.05) is 20.8 Å².